The molecule has 106 valence electrons. The van der Waals surface area contributed by atoms with E-state index >= 15 is 0 Å². The number of carboxylic acids is 1. The zero-order valence-electron chi connectivity index (χ0n) is 10.4. The van der Waals surface area contributed by atoms with Gasteiger partial charge in [-0.15, -0.1) is 0 Å². The van der Waals surface area contributed by atoms with Crippen LogP contribution in [0.2, 0.25) is 0 Å². The van der Waals surface area contributed by atoms with Crippen LogP contribution in [-0.2, 0) is 9.59 Å². The Morgan fingerprint density at radius 1 is 1.32 bits per heavy atom. The van der Waals surface area contributed by atoms with Gasteiger partial charge in [0.25, 0.3) is 0 Å². The van der Waals surface area contributed by atoms with Gasteiger partial charge >= 0.3 is 12.0 Å². The van der Waals surface area contributed by atoms with Crippen LogP contribution < -0.4 is 5.32 Å². The van der Waals surface area contributed by atoms with E-state index in [4.69, 9.17) is 5.11 Å². The highest BCUT2D eigenvalue weighted by molar-refractivity contribution is 5.84. The second kappa shape index (κ2) is 5.43. The zero-order chi connectivity index (χ0) is 14.0. The fourth-order valence-electron chi connectivity index (χ4n) is 2.40. The highest BCUT2D eigenvalue weighted by Crippen LogP contribution is 2.20. The summed E-state index contributed by atoms with van der Waals surface area (Å²) in [5, 5.41) is 21.2. The van der Waals surface area contributed by atoms with Gasteiger partial charge in [-0.2, -0.15) is 0 Å². The SMILES string of the molecule is O=C1CCN(C(=O)N2C[C@H](O)C[C@@H]2C(=O)O)CCN1. The fraction of sp³-hybridized carbons (Fsp3) is 0.727. The minimum absolute atomic E-state index is 0.0215. The van der Waals surface area contributed by atoms with Gasteiger partial charge in [0.05, 0.1) is 6.10 Å². The highest BCUT2D eigenvalue weighted by Gasteiger charge is 2.40. The number of hydrogen-bond donors (Lipinski definition) is 3. The van der Waals surface area contributed by atoms with Crippen molar-refractivity contribution in [2.24, 2.45) is 0 Å². The molecular weight excluding hydrogens is 254 g/mol. The van der Waals surface area contributed by atoms with Gasteiger partial charge in [-0.3, -0.25) is 4.79 Å². The van der Waals surface area contributed by atoms with Gasteiger partial charge in [0.2, 0.25) is 5.91 Å². The lowest BCUT2D eigenvalue weighted by atomic mass is 10.2. The van der Waals surface area contributed by atoms with E-state index in [1.807, 2.05) is 0 Å². The Kier molecular flexibility index (Phi) is 3.89. The van der Waals surface area contributed by atoms with Crippen LogP contribution in [0.1, 0.15) is 12.8 Å². The Morgan fingerprint density at radius 2 is 2.05 bits per heavy atom. The average Bonchev–Trinajstić information content (AvgIpc) is 2.61. The quantitative estimate of drug-likeness (QED) is 0.534. The number of aliphatic carboxylic acids is 1. The van der Waals surface area contributed by atoms with E-state index in [2.05, 4.69) is 5.32 Å². The van der Waals surface area contributed by atoms with Crippen molar-refractivity contribution in [1.82, 2.24) is 15.1 Å². The van der Waals surface area contributed by atoms with E-state index in [1.54, 1.807) is 0 Å². The first-order chi connectivity index (χ1) is 8.99. The maximum Gasteiger partial charge on any atom is 0.326 e. The van der Waals surface area contributed by atoms with E-state index in [-0.39, 0.29) is 31.8 Å². The van der Waals surface area contributed by atoms with E-state index in [9.17, 15) is 19.5 Å². The number of rotatable bonds is 1. The summed E-state index contributed by atoms with van der Waals surface area (Å²) >= 11 is 0. The lowest BCUT2D eigenvalue weighted by molar-refractivity contribution is -0.141. The predicted octanol–water partition coefficient (Wildman–Crippen LogP) is -1.55. The molecule has 2 aliphatic rings. The lowest BCUT2D eigenvalue weighted by Gasteiger charge is -2.28. The molecule has 0 aromatic carbocycles. The van der Waals surface area contributed by atoms with E-state index in [1.165, 1.54) is 9.80 Å². The smallest absolute Gasteiger partial charge is 0.326 e. The van der Waals surface area contributed by atoms with Crippen LogP contribution >= 0.6 is 0 Å². The molecule has 2 fully saturated rings. The van der Waals surface area contributed by atoms with Crippen molar-refractivity contribution in [3.8, 4) is 0 Å². The number of urea groups is 1. The summed E-state index contributed by atoms with van der Waals surface area (Å²) in [6, 6.07) is -1.42. The third kappa shape index (κ3) is 2.95. The molecule has 0 saturated carbocycles. The fourth-order valence-corrected chi connectivity index (χ4v) is 2.40. The molecule has 2 aliphatic heterocycles. The van der Waals surface area contributed by atoms with Crippen molar-refractivity contribution < 1.29 is 24.6 Å². The number of nitrogens with one attached hydrogen (secondary N) is 1. The van der Waals surface area contributed by atoms with E-state index in [0.717, 1.165) is 0 Å². The Morgan fingerprint density at radius 3 is 2.74 bits per heavy atom. The largest absolute Gasteiger partial charge is 0.480 e. The topological polar surface area (TPSA) is 110 Å². The molecule has 0 aliphatic carbocycles. The maximum atomic E-state index is 12.3. The van der Waals surface area contributed by atoms with Crippen LogP contribution in [0.3, 0.4) is 0 Å². The number of carbonyl (C=O) groups excluding carboxylic acids is 2. The molecule has 0 radical (unpaired) electrons. The minimum atomic E-state index is -1.12. The molecular formula is C11H17N3O5. The summed E-state index contributed by atoms with van der Waals surface area (Å²) in [6.07, 6.45) is -0.553. The van der Waals surface area contributed by atoms with Crippen molar-refractivity contribution in [1.29, 1.82) is 0 Å². The summed E-state index contributed by atoms with van der Waals surface area (Å²) in [7, 11) is 0. The molecule has 0 aromatic rings. The van der Waals surface area contributed by atoms with Gasteiger partial charge in [-0.1, -0.05) is 0 Å². The molecule has 0 aromatic heterocycles. The van der Waals surface area contributed by atoms with Crippen LogP contribution in [0.25, 0.3) is 0 Å². The Bertz CT molecular complexity index is 400. The van der Waals surface area contributed by atoms with Crippen molar-refractivity contribution >= 4 is 17.9 Å². The molecule has 8 nitrogen and oxygen atoms in total. The molecule has 0 bridgehead atoms. The monoisotopic (exact) mass is 271 g/mol. The summed E-state index contributed by atoms with van der Waals surface area (Å²) in [6.45, 7) is 0.999. The summed E-state index contributed by atoms with van der Waals surface area (Å²) < 4.78 is 0. The van der Waals surface area contributed by atoms with Crippen LogP contribution in [0.15, 0.2) is 0 Å². The van der Waals surface area contributed by atoms with Crippen LogP contribution in [-0.4, -0.2) is 76.2 Å². The Hall–Kier alpha value is -1.83. The molecule has 2 heterocycles. The summed E-state index contributed by atoms with van der Waals surface area (Å²) in [4.78, 5) is 37.2. The van der Waals surface area contributed by atoms with Crippen LogP contribution in [0, 0.1) is 0 Å². The second-order valence-electron chi connectivity index (χ2n) is 4.77. The van der Waals surface area contributed by atoms with Crippen LogP contribution in [0.5, 0.6) is 0 Å². The van der Waals surface area contributed by atoms with E-state index < -0.39 is 24.1 Å². The first kappa shape index (κ1) is 13.6. The van der Waals surface area contributed by atoms with Crippen LogP contribution in [0.4, 0.5) is 4.79 Å². The Balaban J connectivity index is 2.05. The molecule has 2 saturated heterocycles. The average molecular weight is 271 g/mol. The molecule has 8 heteroatoms. The number of aliphatic hydroxyl groups excluding tert-OH is 1. The normalized spacial score (nSPS) is 27.9. The number of amides is 3. The van der Waals surface area contributed by atoms with Gasteiger partial charge in [0.15, 0.2) is 0 Å². The van der Waals surface area contributed by atoms with Gasteiger partial charge in [0.1, 0.15) is 6.04 Å². The maximum absolute atomic E-state index is 12.3. The first-order valence-electron chi connectivity index (χ1n) is 6.22. The van der Waals surface area contributed by atoms with E-state index in [0.29, 0.717) is 13.1 Å². The number of carboxylic acid groups (broad SMARTS) is 1. The number of hydrogen-bond acceptors (Lipinski definition) is 4. The molecule has 0 unspecified atom stereocenters. The summed E-state index contributed by atoms with van der Waals surface area (Å²) in [5.74, 6) is -1.24. The second-order valence-corrected chi connectivity index (χ2v) is 4.77. The van der Waals surface area contributed by atoms with Crippen molar-refractivity contribution in [3.63, 3.8) is 0 Å². The standard InChI is InChI=1S/C11H17N3O5/c15-7-5-8(10(17)18)14(6-7)11(19)13-3-1-9(16)12-2-4-13/h7-8,15H,1-6H2,(H,12,16)(H,17,18)/t7-,8-/m1/s1. The van der Waals surface area contributed by atoms with Gasteiger partial charge in [-0.05, 0) is 0 Å². The molecule has 19 heavy (non-hydrogen) atoms. The highest BCUT2D eigenvalue weighted by atomic mass is 16.4. The predicted molar refractivity (Wildman–Crippen MR) is 63.3 cm³/mol. The third-order valence-corrected chi connectivity index (χ3v) is 3.39. The number of likely N-dealkylation sites (tertiary alicyclic amines) is 1. The van der Waals surface area contributed by atoms with Gasteiger partial charge in [0, 0.05) is 39.0 Å². The van der Waals surface area contributed by atoms with Crippen molar-refractivity contribution in [2.75, 3.05) is 26.2 Å². The first-order valence-corrected chi connectivity index (χ1v) is 6.22. The number of nitrogens with zero attached hydrogens (tertiary/aromatic N) is 2. The van der Waals surface area contributed by atoms with Crippen molar-refractivity contribution in [3.05, 3.63) is 0 Å². The molecule has 2 rings (SSSR count). The van der Waals surface area contributed by atoms with Gasteiger partial charge in [-0.25, -0.2) is 9.59 Å². The van der Waals surface area contributed by atoms with Gasteiger partial charge < -0.3 is 25.3 Å². The number of aliphatic hydroxyl groups is 1. The molecule has 3 N–H and O–H groups in total. The third-order valence-electron chi connectivity index (χ3n) is 3.39. The molecule has 0 spiro atoms. The number of β-amino-alcohol motifs (C(OH)–C–C–N with tert-alkyl or cyclic N) is 1. The molecule has 3 amide bonds. The Labute approximate surface area is 110 Å². The molecule has 2 atom stereocenters. The zero-order valence-corrected chi connectivity index (χ0v) is 10.4. The van der Waals surface area contributed by atoms with Crippen molar-refractivity contribution in [2.45, 2.75) is 25.0 Å². The number of carbonyl (C=O) groups is 3. The minimum Gasteiger partial charge on any atom is -0.480 e. The summed E-state index contributed by atoms with van der Waals surface area (Å²) in [5.41, 5.74) is 0. The lowest BCUT2D eigenvalue weighted by Crippen LogP contribution is -2.49.